The molecule has 13 heteroatoms. The lowest BCUT2D eigenvalue weighted by Gasteiger charge is -2.33. The van der Waals surface area contributed by atoms with Crippen LogP contribution in [0.5, 0.6) is 5.75 Å². The van der Waals surface area contributed by atoms with Crippen LogP contribution in [-0.4, -0.2) is 78.1 Å². The fraction of sp³-hybridized carbons (Fsp3) is 0.538. The van der Waals surface area contributed by atoms with Crippen LogP contribution in [0, 0.1) is 5.21 Å². The number of sulfonamides is 1. The molecule has 0 bridgehead atoms. The Kier molecular flexibility index (Phi) is 10.6. The molecule has 1 aromatic carbocycles. The van der Waals surface area contributed by atoms with Crippen molar-refractivity contribution in [2.45, 2.75) is 45.4 Å². The standard InChI is InChI=1S/C25H36N6O6S.CH4/c1-4-6-18-17-29(3)23-22(18)26-24(27-25(23)32)20-16-19(7-8-21(20)36-14-5-2)38(34,35)31-11-9-30(10-12-31)13-15-37-28-33;/h7-8,16-17H,4-6,9-15,28H2,1-3H3,(H,26,27,32);1H4. The van der Waals surface area contributed by atoms with Crippen LogP contribution in [0.15, 0.2) is 34.1 Å². The molecule has 216 valence electrons. The molecule has 3 aromatic rings. The Morgan fingerprint density at radius 3 is 2.54 bits per heavy atom. The van der Waals surface area contributed by atoms with Crippen LogP contribution in [0.4, 0.5) is 0 Å². The average molecular weight is 565 g/mol. The second kappa shape index (κ2) is 13.5. The number of aryl methyl sites for hydroxylation is 2. The summed E-state index contributed by atoms with van der Waals surface area (Å²) in [5.74, 6) is 0.732. The smallest absolute Gasteiger partial charge is 0.275 e. The van der Waals surface area contributed by atoms with E-state index in [2.05, 4.69) is 16.8 Å². The molecule has 0 atom stereocenters. The first-order valence-corrected chi connectivity index (χ1v) is 14.4. The molecule has 0 amide bonds. The molecule has 0 aliphatic carbocycles. The lowest BCUT2D eigenvalue weighted by Crippen LogP contribution is -2.76. The molecule has 4 rings (SSSR count). The number of rotatable bonds is 12. The van der Waals surface area contributed by atoms with E-state index >= 15 is 0 Å². The zero-order valence-electron chi connectivity index (χ0n) is 22.1. The summed E-state index contributed by atoms with van der Waals surface area (Å²) in [7, 11) is -1.99. The first-order valence-electron chi connectivity index (χ1n) is 12.9. The summed E-state index contributed by atoms with van der Waals surface area (Å²) in [4.78, 5) is 27.6. The first-order chi connectivity index (χ1) is 18.3. The Hall–Kier alpha value is -2.81. The molecular formula is C26H40N6O6S. The SMILES string of the molecule is C.CCCOc1ccc(S(=O)(=O)N2CCN(CCO[NH2+][O-])CC2)cc1-c1nc2c(CCC)cn(C)c2c(=O)[nH]1. The van der Waals surface area contributed by atoms with Gasteiger partial charge in [0.2, 0.25) is 10.0 Å². The number of quaternary nitrogens is 1. The molecule has 1 aliphatic rings. The molecule has 0 saturated carbocycles. The van der Waals surface area contributed by atoms with Gasteiger partial charge in [-0.25, -0.2) is 23.9 Å². The van der Waals surface area contributed by atoms with Crippen molar-refractivity contribution < 1.29 is 23.6 Å². The lowest BCUT2D eigenvalue weighted by molar-refractivity contribution is -0.850. The number of aromatic amines is 1. The maximum absolute atomic E-state index is 13.6. The number of nitrogens with one attached hydrogen (secondary N) is 1. The van der Waals surface area contributed by atoms with E-state index < -0.39 is 10.0 Å². The minimum absolute atomic E-state index is 0. The van der Waals surface area contributed by atoms with E-state index in [-0.39, 0.29) is 30.3 Å². The molecule has 1 saturated heterocycles. The number of nitrogens with zero attached hydrogens (tertiary/aromatic N) is 4. The topological polar surface area (TPSA) is 149 Å². The number of benzene rings is 1. The molecule has 0 unspecified atom stereocenters. The molecule has 2 aromatic heterocycles. The minimum Gasteiger partial charge on any atom is -0.601 e. The van der Waals surface area contributed by atoms with E-state index in [9.17, 15) is 18.4 Å². The molecule has 1 aliphatic heterocycles. The van der Waals surface area contributed by atoms with E-state index in [1.165, 1.54) is 16.4 Å². The van der Waals surface area contributed by atoms with Crippen molar-refractivity contribution in [2.75, 3.05) is 45.9 Å². The van der Waals surface area contributed by atoms with Gasteiger partial charge in [0.05, 0.1) is 22.6 Å². The average Bonchev–Trinajstić information content (AvgIpc) is 3.23. The lowest BCUT2D eigenvalue weighted by atomic mass is 10.1. The monoisotopic (exact) mass is 564 g/mol. The Labute approximate surface area is 229 Å². The summed E-state index contributed by atoms with van der Waals surface area (Å²) in [6, 6.07) is 4.71. The maximum Gasteiger partial charge on any atom is 0.275 e. The second-order valence-electron chi connectivity index (χ2n) is 9.35. The fourth-order valence-electron chi connectivity index (χ4n) is 4.72. The number of fused-ring (bicyclic) bond motifs is 1. The van der Waals surface area contributed by atoms with Crippen molar-refractivity contribution >= 4 is 21.1 Å². The molecular weight excluding hydrogens is 524 g/mol. The third kappa shape index (κ3) is 6.68. The number of ether oxygens (including phenoxy) is 1. The van der Waals surface area contributed by atoms with E-state index in [0.717, 1.165) is 24.8 Å². The molecule has 39 heavy (non-hydrogen) atoms. The molecule has 0 spiro atoms. The second-order valence-corrected chi connectivity index (χ2v) is 11.3. The number of piperazine rings is 1. The highest BCUT2D eigenvalue weighted by Gasteiger charge is 2.29. The third-order valence-electron chi connectivity index (χ3n) is 6.65. The summed E-state index contributed by atoms with van der Waals surface area (Å²) >= 11 is 0. The summed E-state index contributed by atoms with van der Waals surface area (Å²) < 4.78 is 36.3. The van der Waals surface area contributed by atoms with E-state index in [1.54, 1.807) is 10.6 Å². The number of nitrogens with two attached hydrogens (primary N) is 1. The zero-order chi connectivity index (χ0) is 27.3. The quantitative estimate of drug-likeness (QED) is 0.249. The van der Waals surface area contributed by atoms with Gasteiger partial charge in [-0.15, -0.1) is 0 Å². The maximum atomic E-state index is 13.6. The molecule has 3 N–H and O–H groups in total. The Bertz CT molecular complexity index is 1410. The van der Waals surface area contributed by atoms with Crippen LogP contribution in [0.1, 0.15) is 39.7 Å². The molecule has 0 radical (unpaired) electrons. The van der Waals surface area contributed by atoms with Crippen molar-refractivity contribution in [3.63, 3.8) is 0 Å². The normalized spacial score (nSPS) is 15.0. The van der Waals surface area contributed by atoms with E-state index in [4.69, 9.17) is 14.6 Å². The van der Waals surface area contributed by atoms with Crippen molar-refractivity contribution in [3.8, 4) is 17.1 Å². The predicted molar refractivity (Wildman–Crippen MR) is 150 cm³/mol. The van der Waals surface area contributed by atoms with Crippen molar-refractivity contribution in [3.05, 3.63) is 45.5 Å². The van der Waals surface area contributed by atoms with Gasteiger partial charge in [0.15, 0.2) is 0 Å². The Balaban J connectivity index is 0.00000420. The number of hydrogen-bond donors (Lipinski definition) is 2. The largest absolute Gasteiger partial charge is 0.601 e. The summed E-state index contributed by atoms with van der Waals surface area (Å²) in [5, 5.41) is 10.4. The molecule has 12 nitrogen and oxygen atoms in total. The van der Waals surface area contributed by atoms with Crippen LogP contribution in [0.25, 0.3) is 22.4 Å². The van der Waals surface area contributed by atoms with Crippen LogP contribution in [0.3, 0.4) is 0 Å². The van der Waals surface area contributed by atoms with Gasteiger partial charge in [-0.1, -0.05) is 27.7 Å². The number of H-pyrrole nitrogens is 1. The fourth-order valence-corrected chi connectivity index (χ4v) is 6.17. The van der Waals surface area contributed by atoms with Crippen LogP contribution < -0.4 is 15.9 Å². The molecule has 1 fully saturated rings. The number of hydrogen-bond acceptors (Lipinski definition) is 8. The van der Waals surface area contributed by atoms with Gasteiger partial charge in [0.1, 0.15) is 23.7 Å². The van der Waals surface area contributed by atoms with Crippen molar-refractivity contribution in [1.82, 2.24) is 23.7 Å². The highest BCUT2D eigenvalue weighted by atomic mass is 32.2. The number of aromatic nitrogens is 3. The summed E-state index contributed by atoms with van der Waals surface area (Å²) in [5.41, 5.74) is 2.60. The van der Waals surface area contributed by atoms with E-state index in [0.29, 0.717) is 67.3 Å². The highest BCUT2D eigenvalue weighted by Crippen LogP contribution is 2.32. The van der Waals surface area contributed by atoms with Gasteiger partial charge < -0.3 is 19.5 Å². The molecule has 3 heterocycles. The Morgan fingerprint density at radius 1 is 1.13 bits per heavy atom. The van der Waals surface area contributed by atoms with Gasteiger partial charge in [-0.05, 0) is 36.6 Å². The summed E-state index contributed by atoms with van der Waals surface area (Å²) in [6.07, 6.45) is 4.36. The van der Waals surface area contributed by atoms with Crippen LogP contribution in [0.2, 0.25) is 0 Å². The van der Waals surface area contributed by atoms with Crippen molar-refractivity contribution in [1.29, 1.82) is 0 Å². The van der Waals surface area contributed by atoms with Gasteiger partial charge in [0, 0.05) is 46.0 Å². The zero-order valence-corrected chi connectivity index (χ0v) is 22.9. The van der Waals surface area contributed by atoms with Crippen LogP contribution in [-0.2, 0) is 28.3 Å². The van der Waals surface area contributed by atoms with Crippen molar-refractivity contribution in [2.24, 2.45) is 7.05 Å². The van der Waals surface area contributed by atoms with Gasteiger partial charge in [0.25, 0.3) is 5.56 Å². The third-order valence-corrected chi connectivity index (χ3v) is 8.55. The van der Waals surface area contributed by atoms with E-state index in [1.807, 2.05) is 20.2 Å². The minimum atomic E-state index is -3.80. The Morgan fingerprint density at radius 2 is 1.87 bits per heavy atom. The van der Waals surface area contributed by atoms with Crippen LogP contribution >= 0.6 is 0 Å². The van der Waals surface area contributed by atoms with Gasteiger partial charge in [-0.2, -0.15) is 4.31 Å². The highest BCUT2D eigenvalue weighted by molar-refractivity contribution is 7.89. The predicted octanol–water partition coefficient (Wildman–Crippen LogP) is 1.61. The van der Waals surface area contributed by atoms with Gasteiger partial charge >= 0.3 is 0 Å². The summed E-state index contributed by atoms with van der Waals surface area (Å²) in [6.45, 7) is 7.02. The first kappa shape index (κ1) is 30.7. The van der Waals surface area contributed by atoms with Gasteiger partial charge in [-0.3, -0.25) is 9.69 Å².